The third-order valence-electron chi connectivity index (χ3n) is 2.24. The summed E-state index contributed by atoms with van der Waals surface area (Å²) in [6, 6.07) is 8.88. The number of rotatable bonds is 2. The van der Waals surface area contributed by atoms with Crippen LogP contribution in [0.15, 0.2) is 24.3 Å². The van der Waals surface area contributed by atoms with Gasteiger partial charge in [0.2, 0.25) is 0 Å². The minimum atomic E-state index is 0. The summed E-state index contributed by atoms with van der Waals surface area (Å²) in [5.41, 5.74) is 2.89. The summed E-state index contributed by atoms with van der Waals surface area (Å²) in [5.74, 6) is 2.95. The van der Waals surface area contributed by atoms with Crippen molar-refractivity contribution in [2.24, 2.45) is 11.8 Å². The molecule has 0 saturated carbocycles. The van der Waals surface area contributed by atoms with Crippen molar-refractivity contribution in [1.29, 1.82) is 0 Å². The number of benzene rings is 1. The third-order valence-corrected chi connectivity index (χ3v) is 2.24. The van der Waals surface area contributed by atoms with Crippen molar-refractivity contribution in [2.75, 3.05) is 0 Å². The molecule has 1 aromatic carbocycles. The van der Waals surface area contributed by atoms with Crippen LogP contribution in [0.1, 0.15) is 121 Å². The van der Waals surface area contributed by atoms with Gasteiger partial charge in [-0.25, -0.2) is 0 Å². The van der Waals surface area contributed by atoms with E-state index in [1.807, 2.05) is 13.8 Å². The quantitative estimate of drug-likeness (QED) is 0.466. The fourth-order valence-electron chi connectivity index (χ4n) is 1.28. The second-order valence-corrected chi connectivity index (χ2v) is 7.44. The Kier molecular flexibility index (Phi) is 40.2. The topological polar surface area (TPSA) is 0 Å². The molecule has 151 valence electrons. The van der Waals surface area contributed by atoms with Crippen LogP contribution in [0.3, 0.4) is 0 Å². The molecular weight excluding hydrogens is 299 g/mol. The molecule has 0 fully saturated rings. The average molecular weight is 351 g/mol. The van der Waals surface area contributed by atoms with Crippen molar-refractivity contribution >= 4 is 8.41 Å². The minimum Gasteiger partial charge on any atom is -0.0776 e. The van der Waals surface area contributed by atoms with Crippen molar-refractivity contribution in [2.45, 2.75) is 110 Å². The summed E-state index contributed by atoms with van der Waals surface area (Å²) >= 11 is 0. The molecular formula is C24H52B. The van der Waals surface area contributed by atoms with Crippen LogP contribution in [0.2, 0.25) is 0 Å². The van der Waals surface area contributed by atoms with E-state index in [0.29, 0.717) is 11.8 Å². The van der Waals surface area contributed by atoms with Gasteiger partial charge in [0.25, 0.3) is 0 Å². The molecule has 0 aliphatic rings. The Morgan fingerprint density at radius 2 is 0.760 bits per heavy atom. The molecule has 25 heavy (non-hydrogen) atoms. The molecule has 0 aliphatic heterocycles. The summed E-state index contributed by atoms with van der Waals surface area (Å²) in [6.45, 7) is 25.9. The molecule has 0 heterocycles. The molecule has 1 aromatic rings. The third kappa shape index (κ3) is 35.3. The molecule has 0 aromatic heterocycles. The second kappa shape index (κ2) is 25.5. The minimum absolute atomic E-state index is 0. The fourth-order valence-corrected chi connectivity index (χ4v) is 1.28. The molecule has 1 heteroatoms. The zero-order chi connectivity index (χ0) is 18.3. The van der Waals surface area contributed by atoms with Gasteiger partial charge in [0.05, 0.1) is 0 Å². The van der Waals surface area contributed by atoms with Crippen molar-refractivity contribution in [3.8, 4) is 0 Å². The monoisotopic (exact) mass is 351 g/mol. The Morgan fingerprint density at radius 3 is 0.920 bits per heavy atom. The first-order valence-electron chi connectivity index (χ1n) is 9.17. The van der Waals surface area contributed by atoms with E-state index in [9.17, 15) is 0 Å². The molecule has 0 aliphatic carbocycles. The Hall–Kier alpha value is -0.715. The smallest absolute Gasteiger partial charge is 0 e. The van der Waals surface area contributed by atoms with Crippen LogP contribution in [0.4, 0.5) is 0 Å². The van der Waals surface area contributed by atoms with Gasteiger partial charge in [0, 0.05) is 8.41 Å². The fraction of sp³-hybridized carbons (Fsp3) is 0.750. The zero-order valence-electron chi connectivity index (χ0n) is 18.2. The predicted octanol–water partition coefficient (Wildman–Crippen LogP) is 9.18. The molecule has 0 spiro atoms. The summed E-state index contributed by atoms with van der Waals surface area (Å²) in [6.07, 6.45) is 0. The van der Waals surface area contributed by atoms with E-state index < -0.39 is 0 Å². The van der Waals surface area contributed by atoms with Gasteiger partial charge in [0.1, 0.15) is 0 Å². The molecule has 0 atom stereocenters. The SMILES string of the molecule is C.C.CC.CC(C)C.CC(C)C.CC(C)c1cccc(C(C)C)c1.[B]. The van der Waals surface area contributed by atoms with E-state index >= 15 is 0 Å². The van der Waals surface area contributed by atoms with Gasteiger partial charge >= 0.3 is 0 Å². The summed E-state index contributed by atoms with van der Waals surface area (Å²) in [5, 5.41) is 0. The normalized spacial score (nSPS) is 8.48. The van der Waals surface area contributed by atoms with E-state index in [4.69, 9.17) is 0 Å². The molecule has 0 nitrogen and oxygen atoms in total. The summed E-state index contributed by atoms with van der Waals surface area (Å²) in [7, 11) is 0. The zero-order valence-corrected chi connectivity index (χ0v) is 18.2. The van der Waals surface area contributed by atoms with Gasteiger partial charge in [-0.15, -0.1) is 0 Å². The van der Waals surface area contributed by atoms with Crippen LogP contribution in [0.25, 0.3) is 0 Å². The Morgan fingerprint density at radius 1 is 0.560 bits per heavy atom. The highest BCUT2D eigenvalue weighted by molar-refractivity contribution is 5.75. The predicted molar refractivity (Wildman–Crippen MR) is 126 cm³/mol. The first-order valence-corrected chi connectivity index (χ1v) is 9.17. The van der Waals surface area contributed by atoms with Crippen molar-refractivity contribution in [1.82, 2.24) is 0 Å². The van der Waals surface area contributed by atoms with E-state index in [2.05, 4.69) is 93.5 Å². The maximum absolute atomic E-state index is 2.31. The second-order valence-electron chi connectivity index (χ2n) is 7.44. The summed E-state index contributed by atoms with van der Waals surface area (Å²) in [4.78, 5) is 0. The van der Waals surface area contributed by atoms with Crippen molar-refractivity contribution in [3.05, 3.63) is 35.4 Å². The molecule has 0 saturated heterocycles. The average Bonchev–Trinajstić information content (AvgIpc) is 2.40. The maximum atomic E-state index is 2.31. The Bertz CT molecular complexity index is 290. The van der Waals surface area contributed by atoms with Crippen LogP contribution in [0, 0.1) is 11.8 Å². The summed E-state index contributed by atoms with van der Waals surface area (Å²) < 4.78 is 0. The van der Waals surface area contributed by atoms with Crippen LogP contribution < -0.4 is 0 Å². The van der Waals surface area contributed by atoms with Gasteiger partial charge in [-0.2, -0.15) is 0 Å². The largest absolute Gasteiger partial charge is 0.0776 e. The lowest BCUT2D eigenvalue weighted by molar-refractivity contribution is 0.736. The van der Waals surface area contributed by atoms with Crippen LogP contribution in [-0.4, -0.2) is 8.41 Å². The number of hydrogen-bond acceptors (Lipinski definition) is 0. The van der Waals surface area contributed by atoms with Gasteiger partial charge in [-0.3, -0.25) is 0 Å². The first-order chi connectivity index (χ1) is 10.1. The molecule has 3 radical (unpaired) electrons. The maximum Gasteiger partial charge on any atom is 0 e. The molecule has 0 bridgehead atoms. The van der Waals surface area contributed by atoms with Crippen molar-refractivity contribution in [3.63, 3.8) is 0 Å². The van der Waals surface area contributed by atoms with E-state index in [1.54, 1.807) is 0 Å². The standard InChI is InChI=1S/C12H18.2C4H10.C2H6.2CH4.B/c1-9(2)11-6-5-7-12(8-11)10(3)4;2*1-4(2)3;1-2;;;/h5-10H,1-4H3;2*4H,1-3H3;1-2H3;2*1H4;. The first kappa shape index (κ1) is 39.4. The highest BCUT2D eigenvalue weighted by Gasteiger charge is 2.02. The molecule has 1 rings (SSSR count). The van der Waals surface area contributed by atoms with E-state index in [0.717, 1.165) is 11.8 Å². The van der Waals surface area contributed by atoms with Crippen LogP contribution in [0.5, 0.6) is 0 Å². The highest BCUT2D eigenvalue weighted by atomic mass is 14.1. The van der Waals surface area contributed by atoms with Crippen LogP contribution in [-0.2, 0) is 0 Å². The van der Waals surface area contributed by atoms with Gasteiger partial charge in [-0.05, 0) is 34.8 Å². The molecule has 0 unspecified atom stereocenters. The highest BCUT2D eigenvalue weighted by Crippen LogP contribution is 2.20. The van der Waals surface area contributed by atoms with Gasteiger partial charge in [0.15, 0.2) is 0 Å². The Balaban J connectivity index is -0.0000000595. The molecule has 0 amide bonds. The lowest BCUT2D eigenvalue weighted by atomic mass is 9.96. The lowest BCUT2D eigenvalue weighted by Gasteiger charge is -2.09. The van der Waals surface area contributed by atoms with Gasteiger partial charge in [-0.1, -0.05) is 122 Å². The molecule has 0 N–H and O–H groups in total. The van der Waals surface area contributed by atoms with E-state index in [1.165, 1.54) is 11.1 Å². The van der Waals surface area contributed by atoms with Crippen molar-refractivity contribution < 1.29 is 0 Å². The number of hydrogen-bond donors (Lipinski definition) is 0. The Labute approximate surface area is 165 Å². The van der Waals surface area contributed by atoms with Crippen LogP contribution >= 0.6 is 0 Å². The van der Waals surface area contributed by atoms with Gasteiger partial charge < -0.3 is 0 Å². The lowest BCUT2D eigenvalue weighted by Crippen LogP contribution is -1.91. The van der Waals surface area contributed by atoms with E-state index in [-0.39, 0.29) is 23.3 Å².